The van der Waals surface area contributed by atoms with E-state index in [0.29, 0.717) is 0 Å². The Morgan fingerprint density at radius 2 is 1.78 bits per heavy atom. The van der Waals surface area contributed by atoms with Gasteiger partial charge in [-0.25, -0.2) is 0 Å². The molecule has 1 aliphatic carbocycles. The minimum Gasteiger partial charge on any atom is -0.318 e. The van der Waals surface area contributed by atoms with Gasteiger partial charge in [-0.3, -0.25) is 19.8 Å². The Morgan fingerprint density at radius 1 is 1.11 bits per heavy atom. The maximum Gasteiger partial charge on any atom is 0.265 e. The summed E-state index contributed by atoms with van der Waals surface area (Å²) in [6.07, 6.45) is 3.54. The molecule has 1 saturated heterocycles. The normalized spacial score (nSPS) is 19.0. The average Bonchev–Trinajstić information content (AvgIpc) is 3.39. The minimum absolute atomic E-state index is 0.119. The van der Waals surface area contributed by atoms with E-state index < -0.39 is 5.91 Å². The van der Waals surface area contributed by atoms with E-state index in [1.807, 2.05) is 19.9 Å². The predicted molar refractivity (Wildman–Crippen MR) is 109 cm³/mol. The fourth-order valence-electron chi connectivity index (χ4n) is 3.52. The molecule has 0 bridgehead atoms. The number of nitrogens with one attached hydrogen (secondary N) is 1. The van der Waals surface area contributed by atoms with Gasteiger partial charge in [0.15, 0.2) is 5.11 Å². The van der Waals surface area contributed by atoms with Gasteiger partial charge in [0.25, 0.3) is 11.8 Å². The van der Waals surface area contributed by atoms with Crippen LogP contribution in [-0.4, -0.2) is 32.4 Å². The third kappa shape index (κ3) is 3.10. The highest BCUT2D eigenvalue weighted by atomic mass is 32.1. The number of carbonyl (C=O) groups is 2. The molecule has 0 radical (unpaired) electrons. The fraction of sp³-hybridized carbons (Fsp3) is 0.286. The summed E-state index contributed by atoms with van der Waals surface area (Å²) < 4.78 is 2.13. The Morgan fingerprint density at radius 3 is 2.41 bits per heavy atom. The lowest BCUT2D eigenvalue weighted by Gasteiger charge is -2.28. The van der Waals surface area contributed by atoms with Crippen LogP contribution in [0.15, 0.2) is 35.9 Å². The maximum absolute atomic E-state index is 12.8. The SMILES string of the molecule is Cc1ccc(-n2c(C)cc(/C=C3/C(=O)NC(=S)N(C4CC4)C3=O)c2C)cc1. The molecule has 6 heteroatoms. The number of amides is 2. The number of benzene rings is 1. The van der Waals surface area contributed by atoms with Crippen LogP contribution in [0.2, 0.25) is 0 Å². The quantitative estimate of drug-likeness (QED) is 0.506. The zero-order valence-electron chi connectivity index (χ0n) is 15.6. The average molecular weight is 379 g/mol. The highest BCUT2D eigenvalue weighted by Crippen LogP contribution is 2.31. The Kier molecular flexibility index (Phi) is 4.23. The molecule has 1 aromatic heterocycles. The lowest BCUT2D eigenvalue weighted by molar-refractivity contribution is -0.129. The van der Waals surface area contributed by atoms with E-state index in [0.717, 1.165) is 35.5 Å². The lowest BCUT2D eigenvalue weighted by atomic mass is 10.1. The maximum atomic E-state index is 12.8. The lowest BCUT2D eigenvalue weighted by Crippen LogP contribution is -2.54. The van der Waals surface area contributed by atoms with Crippen LogP contribution in [0.1, 0.15) is 35.4 Å². The highest BCUT2D eigenvalue weighted by molar-refractivity contribution is 7.80. The molecule has 2 amide bonds. The van der Waals surface area contributed by atoms with E-state index in [1.54, 1.807) is 11.0 Å². The molecule has 0 atom stereocenters. The Bertz CT molecular complexity index is 997. The van der Waals surface area contributed by atoms with Crippen molar-refractivity contribution in [2.45, 2.75) is 39.7 Å². The van der Waals surface area contributed by atoms with Gasteiger partial charge in [0.05, 0.1) is 0 Å². The van der Waals surface area contributed by atoms with Gasteiger partial charge in [0, 0.05) is 23.1 Å². The van der Waals surface area contributed by atoms with Gasteiger partial charge in [0.2, 0.25) is 0 Å². The molecule has 4 rings (SSSR count). The van der Waals surface area contributed by atoms with Gasteiger partial charge < -0.3 is 4.57 Å². The Hall–Kier alpha value is -2.73. The molecular formula is C21H21N3O2S. The number of rotatable bonds is 3. The molecular weight excluding hydrogens is 358 g/mol. The van der Waals surface area contributed by atoms with Crippen molar-refractivity contribution < 1.29 is 9.59 Å². The van der Waals surface area contributed by atoms with E-state index in [1.165, 1.54) is 5.56 Å². The standard InChI is InChI=1S/C21H21N3O2S/c1-12-4-6-16(7-5-12)23-13(2)10-15(14(23)3)11-18-19(25)22-21(27)24(20(18)26)17-8-9-17/h4-7,10-11,17H,8-9H2,1-3H3,(H,22,25,27)/b18-11-. The smallest absolute Gasteiger partial charge is 0.265 e. The van der Waals surface area contributed by atoms with Gasteiger partial charge in [-0.05, 0) is 75.7 Å². The number of aromatic nitrogens is 1. The second kappa shape index (κ2) is 6.46. The molecule has 0 unspecified atom stereocenters. The van der Waals surface area contributed by atoms with Crippen LogP contribution in [0, 0.1) is 20.8 Å². The molecule has 1 aliphatic heterocycles. The molecule has 2 aromatic rings. The van der Waals surface area contributed by atoms with Gasteiger partial charge in [-0.15, -0.1) is 0 Å². The van der Waals surface area contributed by atoms with Gasteiger partial charge in [-0.1, -0.05) is 17.7 Å². The first-order valence-electron chi connectivity index (χ1n) is 9.03. The zero-order chi connectivity index (χ0) is 19.3. The van der Waals surface area contributed by atoms with E-state index in [2.05, 4.69) is 41.1 Å². The second-order valence-electron chi connectivity index (χ2n) is 7.22. The van der Waals surface area contributed by atoms with Crippen LogP contribution in [-0.2, 0) is 9.59 Å². The third-order valence-corrected chi connectivity index (χ3v) is 5.41. The second-order valence-corrected chi connectivity index (χ2v) is 7.61. The van der Waals surface area contributed by atoms with Crippen LogP contribution in [0.5, 0.6) is 0 Å². The molecule has 27 heavy (non-hydrogen) atoms. The molecule has 2 heterocycles. The van der Waals surface area contributed by atoms with Crippen molar-refractivity contribution in [1.29, 1.82) is 0 Å². The fourth-order valence-corrected chi connectivity index (χ4v) is 3.84. The van der Waals surface area contributed by atoms with Crippen LogP contribution in [0.4, 0.5) is 0 Å². The van der Waals surface area contributed by atoms with E-state index in [4.69, 9.17) is 12.2 Å². The Labute approximate surface area is 163 Å². The number of thiocarbonyl (C=S) groups is 1. The summed E-state index contributed by atoms with van der Waals surface area (Å²) in [6, 6.07) is 10.4. The molecule has 1 saturated carbocycles. The summed E-state index contributed by atoms with van der Waals surface area (Å²) in [6.45, 7) is 6.06. The zero-order valence-corrected chi connectivity index (χ0v) is 16.4. The first kappa shape index (κ1) is 17.7. The molecule has 2 fully saturated rings. The van der Waals surface area contributed by atoms with E-state index >= 15 is 0 Å². The molecule has 1 N–H and O–H groups in total. The number of nitrogens with zero attached hydrogens (tertiary/aromatic N) is 2. The van der Waals surface area contributed by atoms with E-state index in [9.17, 15) is 9.59 Å². The van der Waals surface area contributed by atoms with Gasteiger partial charge in [0.1, 0.15) is 5.57 Å². The van der Waals surface area contributed by atoms with Gasteiger partial charge >= 0.3 is 0 Å². The van der Waals surface area contributed by atoms with E-state index in [-0.39, 0.29) is 22.6 Å². The molecule has 0 spiro atoms. The molecule has 2 aliphatic rings. The molecule has 138 valence electrons. The van der Waals surface area contributed by atoms with Crippen LogP contribution >= 0.6 is 12.2 Å². The highest BCUT2D eigenvalue weighted by Gasteiger charge is 2.42. The number of carbonyl (C=O) groups excluding carboxylic acids is 2. The predicted octanol–water partition coefficient (Wildman–Crippen LogP) is 3.19. The summed E-state index contributed by atoms with van der Waals surface area (Å²) >= 11 is 5.18. The summed E-state index contributed by atoms with van der Waals surface area (Å²) in [5.74, 6) is -0.728. The van der Waals surface area contributed by atoms with Gasteiger partial charge in [-0.2, -0.15) is 0 Å². The van der Waals surface area contributed by atoms with Crippen LogP contribution < -0.4 is 5.32 Å². The van der Waals surface area contributed by atoms with Crippen molar-refractivity contribution in [3.8, 4) is 5.69 Å². The van der Waals surface area contributed by atoms with Crippen molar-refractivity contribution in [2.75, 3.05) is 0 Å². The number of hydrogen-bond acceptors (Lipinski definition) is 3. The topological polar surface area (TPSA) is 54.3 Å². The first-order chi connectivity index (χ1) is 12.9. The summed E-state index contributed by atoms with van der Waals surface area (Å²) in [7, 11) is 0. The van der Waals surface area contributed by atoms with Crippen molar-refractivity contribution in [3.05, 3.63) is 58.4 Å². The minimum atomic E-state index is -0.429. The summed E-state index contributed by atoms with van der Waals surface area (Å²) in [5.41, 5.74) is 5.27. The third-order valence-electron chi connectivity index (χ3n) is 5.11. The van der Waals surface area contributed by atoms with Crippen LogP contribution in [0.25, 0.3) is 11.8 Å². The van der Waals surface area contributed by atoms with Crippen LogP contribution in [0.3, 0.4) is 0 Å². The Balaban J connectivity index is 1.74. The molecule has 5 nitrogen and oxygen atoms in total. The monoisotopic (exact) mass is 379 g/mol. The first-order valence-corrected chi connectivity index (χ1v) is 9.44. The van der Waals surface area contributed by atoms with Crippen molar-refractivity contribution in [1.82, 2.24) is 14.8 Å². The number of hydrogen-bond donors (Lipinski definition) is 1. The van der Waals surface area contributed by atoms with Crippen molar-refractivity contribution in [2.24, 2.45) is 0 Å². The summed E-state index contributed by atoms with van der Waals surface area (Å²) in [5, 5.41) is 2.87. The van der Waals surface area contributed by atoms with Crippen molar-refractivity contribution >= 4 is 35.2 Å². The molecule has 1 aromatic carbocycles. The number of aryl methyl sites for hydroxylation is 2. The van der Waals surface area contributed by atoms with Crippen molar-refractivity contribution in [3.63, 3.8) is 0 Å². The largest absolute Gasteiger partial charge is 0.318 e. The summed E-state index contributed by atoms with van der Waals surface area (Å²) in [4.78, 5) is 26.8.